The average Bonchev–Trinajstić information content (AvgIpc) is 2.70. The van der Waals surface area contributed by atoms with E-state index >= 15 is 0 Å². The molecule has 7 nitrogen and oxygen atoms in total. The third-order valence-corrected chi connectivity index (χ3v) is 1.69. The first-order chi connectivity index (χ1) is 7.74. The first-order valence-electron chi connectivity index (χ1n) is 4.53. The highest BCUT2D eigenvalue weighted by Gasteiger charge is 2.02. The predicted octanol–water partition coefficient (Wildman–Crippen LogP) is 0.950. The van der Waals surface area contributed by atoms with Gasteiger partial charge in [-0.25, -0.2) is 0 Å². The molecule has 1 heterocycles. The van der Waals surface area contributed by atoms with Crippen molar-refractivity contribution >= 4 is 11.6 Å². The molecule has 0 unspecified atom stereocenters. The van der Waals surface area contributed by atoms with Gasteiger partial charge in [0.2, 0.25) is 5.91 Å². The average molecular weight is 219 g/mol. The van der Waals surface area contributed by atoms with Crippen LogP contribution in [-0.2, 0) is 4.79 Å². The van der Waals surface area contributed by atoms with Crippen molar-refractivity contribution in [1.82, 2.24) is 20.6 Å². The maximum Gasteiger partial charge on any atom is 0.361 e. The first kappa shape index (κ1) is 10.1. The van der Waals surface area contributed by atoms with Crippen LogP contribution in [0.1, 0.15) is 6.92 Å². The lowest BCUT2D eigenvalue weighted by atomic mass is 10.3. The number of anilines is 1. The van der Waals surface area contributed by atoms with Crippen molar-refractivity contribution in [2.24, 2.45) is 0 Å². The molecule has 1 amide bonds. The number of hydrogen-bond donors (Lipinski definition) is 2. The maximum absolute atomic E-state index is 10.8. The summed E-state index contributed by atoms with van der Waals surface area (Å²) >= 11 is 0. The van der Waals surface area contributed by atoms with E-state index in [0.29, 0.717) is 11.4 Å². The van der Waals surface area contributed by atoms with Gasteiger partial charge in [0.05, 0.1) is 0 Å². The van der Waals surface area contributed by atoms with Crippen molar-refractivity contribution < 1.29 is 9.53 Å². The fraction of sp³-hybridized carbons (Fsp3) is 0.111. The smallest absolute Gasteiger partial charge is 0.361 e. The molecule has 0 bridgehead atoms. The van der Waals surface area contributed by atoms with E-state index < -0.39 is 0 Å². The number of nitrogens with one attached hydrogen (secondary N) is 2. The number of aromatic amines is 1. The van der Waals surface area contributed by atoms with Crippen molar-refractivity contribution in [3.63, 3.8) is 0 Å². The zero-order chi connectivity index (χ0) is 11.4. The number of carbonyl (C=O) groups excluding carboxylic acids is 1. The quantitative estimate of drug-likeness (QED) is 0.801. The molecule has 82 valence electrons. The van der Waals surface area contributed by atoms with Crippen LogP contribution in [0, 0.1) is 0 Å². The van der Waals surface area contributed by atoms with Crippen molar-refractivity contribution in [3.05, 3.63) is 24.3 Å². The van der Waals surface area contributed by atoms with Gasteiger partial charge in [-0.05, 0) is 17.3 Å². The molecule has 16 heavy (non-hydrogen) atoms. The second kappa shape index (κ2) is 4.39. The molecule has 2 N–H and O–H groups in total. The highest BCUT2D eigenvalue weighted by Crippen LogP contribution is 2.20. The van der Waals surface area contributed by atoms with Crippen LogP contribution in [0.5, 0.6) is 11.8 Å². The van der Waals surface area contributed by atoms with Crippen LogP contribution in [0.25, 0.3) is 0 Å². The molecule has 2 rings (SSSR count). The van der Waals surface area contributed by atoms with E-state index in [4.69, 9.17) is 4.74 Å². The molecule has 2 aromatic rings. The molecule has 0 atom stereocenters. The number of amides is 1. The number of tetrazole rings is 1. The number of ether oxygens (including phenoxy) is 1. The minimum absolute atomic E-state index is 0.125. The summed E-state index contributed by atoms with van der Waals surface area (Å²) in [7, 11) is 0. The van der Waals surface area contributed by atoms with Crippen LogP contribution in [0.4, 0.5) is 5.69 Å². The number of hydrogen-bond acceptors (Lipinski definition) is 5. The second-order valence-corrected chi connectivity index (χ2v) is 3.01. The SMILES string of the molecule is CC(=O)Nc1cccc(Oc2nn[nH]n2)c1. The Morgan fingerprint density at radius 3 is 3.06 bits per heavy atom. The number of nitrogens with zero attached hydrogens (tertiary/aromatic N) is 3. The Balaban J connectivity index is 2.13. The van der Waals surface area contributed by atoms with E-state index in [0.717, 1.165) is 0 Å². The molecular formula is C9H9N5O2. The Hall–Kier alpha value is -2.44. The van der Waals surface area contributed by atoms with Crippen LogP contribution >= 0.6 is 0 Å². The lowest BCUT2D eigenvalue weighted by Gasteiger charge is -2.04. The minimum atomic E-state index is -0.142. The standard InChI is InChI=1S/C9H9N5O2/c1-6(15)10-7-3-2-4-8(5-7)16-9-11-13-14-12-9/h2-5H,1H3,(H,10,15)(H,11,12,13,14). The van der Waals surface area contributed by atoms with Crippen LogP contribution in [-0.4, -0.2) is 26.5 Å². The topological polar surface area (TPSA) is 92.8 Å². The van der Waals surface area contributed by atoms with Crippen LogP contribution in [0.3, 0.4) is 0 Å². The van der Waals surface area contributed by atoms with E-state index in [9.17, 15) is 4.79 Å². The Labute approximate surface area is 90.8 Å². The van der Waals surface area contributed by atoms with E-state index in [2.05, 4.69) is 25.9 Å². The molecular weight excluding hydrogens is 210 g/mol. The summed E-state index contributed by atoms with van der Waals surface area (Å²) in [5.41, 5.74) is 0.647. The molecule has 0 aliphatic carbocycles. The zero-order valence-corrected chi connectivity index (χ0v) is 8.47. The molecule has 0 aliphatic rings. The van der Waals surface area contributed by atoms with Gasteiger partial charge in [-0.3, -0.25) is 4.79 Å². The molecule has 0 aliphatic heterocycles. The predicted molar refractivity (Wildman–Crippen MR) is 55.0 cm³/mol. The largest absolute Gasteiger partial charge is 0.422 e. The monoisotopic (exact) mass is 219 g/mol. The van der Waals surface area contributed by atoms with Gasteiger partial charge in [0, 0.05) is 18.7 Å². The normalized spacial score (nSPS) is 9.81. The summed E-state index contributed by atoms with van der Waals surface area (Å²) in [6, 6.07) is 7.02. The molecule has 7 heteroatoms. The third-order valence-electron chi connectivity index (χ3n) is 1.69. The number of carbonyl (C=O) groups is 1. The number of rotatable bonds is 3. The van der Waals surface area contributed by atoms with Gasteiger partial charge in [0.1, 0.15) is 5.75 Å². The highest BCUT2D eigenvalue weighted by atomic mass is 16.5. The van der Waals surface area contributed by atoms with E-state index in [1.54, 1.807) is 24.3 Å². The Morgan fingerprint density at radius 2 is 2.38 bits per heavy atom. The number of benzene rings is 1. The Bertz CT molecular complexity index is 482. The molecule has 1 aromatic heterocycles. The Kier molecular flexibility index (Phi) is 2.77. The fourth-order valence-corrected chi connectivity index (χ4v) is 1.14. The van der Waals surface area contributed by atoms with Gasteiger partial charge in [-0.2, -0.15) is 5.21 Å². The lowest BCUT2D eigenvalue weighted by molar-refractivity contribution is -0.114. The number of aromatic nitrogens is 4. The van der Waals surface area contributed by atoms with Gasteiger partial charge in [0.25, 0.3) is 0 Å². The summed E-state index contributed by atoms with van der Waals surface area (Å²) in [5.74, 6) is 0.379. The summed E-state index contributed by atoms with van der Waals surface area (Å²) in [5, 5.41) is 15.6. The van der Waals surface area contributed by atoms with Gasteiger partial charge in [-0.1, -0.05) is 16.3 Å². The lowest BCUT2D eigenvalue weighted by Crippen LogP contribution is -2.05. The van der Waals surface area contributed by atoms with Crippen molar-refractivity contribution in [2.45, 2.75) is 6.92 Å². The molecule has 1 aromatic carbocycles. The van der Waals surface area contributed by atoms with E-state index in [1.807, 2.05) is 0 Å². The maximum atomic E-state index is 10.8. The summed E-state index contributed by atoms with van der Waals surface area (Å²) in [4.78, 5) is 10.8. The minimum Gasteiger partial charge on any atom is -0.422 e. The highest BCUT2D eigenvalue weighted by molar-refractivity contribution is 5.88. The fourth-order valence-electron chi connectivity index (χ4n) is 1.14. The van der Waals surface area contributed by atoms with Gasteiger partial charge < -0.3 is 10.1 Å². The Morgan fingerprint density at radius 1 is 1.50 bits per heavy atom. The van der Waals surface area contributed by atoms with Crippen LogP contribution in [0.15, 0.2) is 24.3 Å². The second-order valence-electron chi connectivity index (χ2n) is 3.01. The van der Waals surface area contributed by atoms with E-state index in [1.165, 1.54) is 6.92 Å². The van der Waals surface area contributed by atoms with Crippen LogP contribution in [0.2, 0.25) is 0 Å². The molecule has 0 saturated carbocycles. The summed E-state index contributed by atoms with van der Waals surface area (Å²) in [6.45, 7) is 1.44. The zero-order valence-electron chi connectivity index (χ0n) is 8.47. The van der Waals surface area contributed by atoms with Gasteiger partial charge in [0.15, 0.2) is 0 Å². The van der Waals surface area contributed by atoms with Crippen LogP contribution < -0.4 is 10.1 Å². The third kappa shape index (κ3) is 2.53. The molecule has 0 spiro atoms. The molecule has 0 saturated heterocycles. The first-order valence-corrected chi connectivity index (χ1v) is 4.53. The van der Waals surface area contributed by atoms with E-state index in [-0.39, 0.29) is 11.9 Å². The number of H-pyrrole nitrogens is 1. The van der Waals surface area contributed by atoms with Crippen molar-refractivity contribution in [2.75, 3.05) is 5.32 Å². The molecule has 0 fully saturated rings. The van der Waals surface area contributed by atoms with Gasteiger partial charge >= 0.3 is 6.01 Å². The van der Waals surface area contributed by atoms with Gasteiger partial charge in [-0.15, -0.1) is 0 Å². The molecule has 0 radical (unpaired) electrons. The summed E-state index contributed by atoms with van der Waals surface area (Å²) < 4.78 is 5.27. The van der Waals surface area contributed by atoms with Crippen molar-refractivity contribution in [1.29, 1.82) is 0 Å². The van der Waals surface area contributed by atoms with Crippen molar-refractivity contribution in [3.8, 4) is 11.8 Å². The summed E-state index contributed by atoms with van der Waals surface area (Å²) in [6.07, 6.45) is 0.